The summed E-state index contributed by atoms with van der Waals surface area (Å²) in [4.78, 5) is 17.1. The van der Waals surface area contributed by atoms with Crippen LogP contribution in [0.1, 0.15) is 50.3 Å². The summed E-state index contributed by atoms with van der Waals surface area (Å²) in [6.07, 6.45) is 5.30. The van der Waals surface area contributed by atoms with E-state index in [1.165, 1.54) is 4.31 Å². The second-order valence-electron chi connectivity index (χ2n) is 8.81. The van der Waals surface area contributed by atoms with Gasteiger partial charge in [-0.25, -0.2) is 8.42 Å². The standard InChI is InChI=1S/C22H28N4O5S/c27-21(23-14-18-2-1-13-30-18)16-9-11-26(12-10-16)32(28,29)19-7-5-15(6-8-19)20-24-22(31-25-20)17-3-4-17/h5-8,16-18H,1-4,9-14H2,(H,23,27)/t18-/m1/s1. The van der Waals surface area contributed by atoms with Crippen LogP contribution in [0.4, 0.5) is 0 Å². The summed E-state index contributed by atoms with van der Waals surface area (Å²) in [6, 6.07) is 6.58. The quantitative estimate of drug-likeness (QED) is 0.674. The third-order valence-electron chi connectivity index (χ3n) is 6.47. The number of amides is 1. The Kier molecular flexibility index (Phi) is 6.00. The number of benzene rings is 1. The van der Waals surface area contributed by atoms with Crippen molar-refractivity contribution >= 4 is 15.9 Å². The lowest BCUT2D eigenvalue weighted by atomic mass is 9.97. The minimum atomic E-state index is -3.62. The predicted octanol–water partition coefficient (Wildman–Crippen LogP) is 2.31. The number of sulfonamides is 1. The highest BCUT2D eigenvalue weighted by molar-refractivity contribution is 7.89. The summed E-state index contributed by atoms with van der Waals surface area (Å²) in [5.74, 6) is 1.33. The van der Waals surface area contributed by atoms with Crippen molar-refractivity contribution in [1.82, 2.24) is 19.8 Å². The van der Waals surface area contributed by atoms with Crippen LogP contribution in [-0.4, -0.2) is 61.1 Å². The molecule has 1 N–H and O–H groups in total. The smallest absolute Gasteiger partial charge is 0.243 e. The Labute approximate surface area is 187 Å². The SMILES string of the molecule is O=C(NC[C@H]1CCCO1)C1CCN(S(=O)(=O)c2ccc(-c3noc(C4CC4)n3)cc2)CC1. The first kappa shape index (κ1) is 21.5. The molecule has 9 nitrogen and oxygen atoms in total. The molecule has 5 rings (SSSR count). The topological polar surface area (TPSA) is 115 Å². The van der Waals surface area contributed by atoms with E-state index >= 15 is 0 Å². The molecule has 3 aliphatic rings. The average molecular weight is 461 g/mol. The minimum absolute atomic E-state index is 0.00687. The van der Waals surface area contributed by atoms with Crippen LogP contribution in [0.5, 0.6) is 0 Å². The van der Waals surface area contributed by atoms with Crippen molar-refractivity contribution in [3.8, 4) is 11.4 Å². The normalized spacial score (nSPS) is 22.8. The highest BCUT2D eigenvalue weighted by atomic mass is 32.2. The summed E-state index contributed by atoms with van der Waals surface area (Å²) in [5, 5.41) is 6.97. The van der Waals surface area contributed by atoms with Gasteiger partial charge in [0.1, 0.15) is 0 Å². The maximum atomic E-state index is 13.1. The molecule has 0 unspecified atom stereocenters. The van der Waals surface area contributed by atoms with E-state index in [1.54, 1.807) is 24.3 Å². The van der Waals surface area contributed by atoms with Crippen LogP contribution >= 0.6 is 0 Å². The Balaban J connectivity index is 1.17. The fourth-order valence-electron chi connectivity index (χ4n) is 4.30. The molecule has 1 aliphatic carbocycles. The van der Waals surface area contributed by atoms with Gasteiger partial charge in [0.05, 0.1) is 11.0 Å². The lowest BCUT2D eigenvalue weighted by molar-refractivity contribution is -0.126. The molecule has 0 radical (unpaired) electrons. The summed E-state index contributed by atoms with van der Waals surface area (Å²) < 4.78 is 38.4. The largest absolute Gasteiger partial charge is 0.376 e. The van der Waals surface area contributed by atoms with Gasteiger partial charge in [-0.1, -0.05) is 5.16 Å². The number of piperidine rings is 1. The van der Waals surface area contributed by atoms with Crippen LogP contribution < -0.4 is 5.32 Å². The van der Waals surface area contributed by atoms with Crippen LogP contribution in [0.2, 0.25) is 0 Å². The molecule has 2 aliphatic heterocycles. The molecule has 1 atom stereocenters. The Morgan fingerprint density at radius 1 is 1.09 bits per heavy atom. The Morgan fingerprint density at radius 2 is 1.84 bits per heavy atom. The zero-order chi connectivity index (χ0) is 22.1. The van der Waals surface area contributed by atoms with Gasteiger partial charge in [-0.15, -0.1) is 0 Å². The molecule has 2 saturated heterocycles. The molecule has 1 saturated carbocycles. The molecule has 0 bridgehead atoms. The van der Waals surface area contributed by atoms with Gasteiger partial charge in [0.15, 0.2) is 0 Å². The number of aromatic nitrogens is 2. The van der Waals surface area contributed by atoms with E-state index in [0.717, 1.165) is 37.9 Å². The molecule has 3 heterocycles. The summed E-state index contributed by atoms with van der Waals surface area (Å²) in [7, 11) is -3.62. The lowest BCUT2D eigenvalue weighted by Gasteiger charge is -2.30. The first-order valence-corrected chi connectivity index (χ1v) is 12.8. The molecule has 10 heteroatoms. The van der Waals surface area contributed by atoms with Crippen LogP contribution in [-0.2, 0) is 19.6 Å². The van der Waals surface area contributed by atoms with E-state index < -0.39 is 10.0 Å². The fourth-order valence-corrected chi connectivity index (χ4v) is 5.77. The average Bonchev–Trinajstić information content (AvgIpc) is 3.32. The first-order valence-electron chi connectivity index (χ1n) is 11.3. The number of carbonyl (C=O) groups excluding carboxylic acids is 1. The second-order valence-corrected chi connectivity index (χ2v) is 10.8. The van der Waals surface area contributed by atoms with E-state index in [1.807, 2.05) is 0 Å². The molecule has 0 spiro atoms. The van der Waals surface area contributed by atoms with Crippen LogP contribution in [0.3, 0.4) is 0 Å². The number of hydrogen-bond acceptors (Lipinski definition) is 7. The number of hydrogen-bond donors (Lipinski definition) is 1. The maximum absolute atomic E-state index is 13.1. The lowest BCUT2D eigenvalue weighted by Crippen LogP contribution is -2.44. The van der Waals surface area contributed by atoms with Crippen LogP contribution in [0.25, 0.3) is 11.4 Å². The van der Waals surface area contributed by atoms with Gasteiger partial charge < -0.3 is 14.6 Å². The number of rotatable bonds is 7. The zero-order valence-corrected chi connectivity index (χ0v) is 18.7. The fraction of sp³-hybridized carbons (Fsp3) is 0.591. The highest BCUT2D eigenvalue weighted by Crippen LogP contribution is 2.39. The third kappa shape index (κ3) is 4.57. The minimum Gasteiger partial charge on any atom is -0.376 e. The maximum Gasteiger partial charge on any atom is 0.243 e. The molecule has 1 aromatic heterocycles. The van der Waals surface area contributed by atoms with Gasteiger partial charge in [-0.05, 0) is 62.8 Å². The van der Waals surface area contributed by atoms with E-state index in [9.17, 15) is 13.2 Å². The van der Waals surface area contributed by atoms with Gasteiger partial charge in [0.25, 0.3) is 0 Å². The van der Waals surface area contributed by atoms with Crippen molar-refractivity contribution in [2.75, 3.05) is 26.2 Å². The molecular formula is C22H28N4O5S. The van der Waals surface area contributed by atoms with E-state index in [0.29, 0.717) is 50.1 Å². The molecule has 1 aromatic carbocycles. The predicted molar refractivity (Wildman–Crippen MR) is 115 cm³/mol. The monoisotopic (exact) mass is 460 g/mol. The summed E-state index contributed by atoms with van der Waals surface area (Å²) in [5.41, 5.74) is 0.723. The van der Waals surface area contributed by atoms with E-state index in [4.69, 9.17) is 9.26 Å². The van der Waals surface area contributed by atoms with E-state index in [2.05, 4.69) is 15.5 Å². The second kappa shape index (κ2) is 8.92. The molecule has 172 valence electrons. The summed E-state index contributed by atoms with van der Waals surface area (Å²) >= 11 is 0. The van der Waals surface area contributed by atoms with Gasteiger partial charge in [0.2, 0.25) is 27.6 Å². The van der Waals surface area contributed by atoms with Crippen molar-refractivity contribution in [1.29, 1.82) is 0 Å². The molecule has 2 aromatic rings. The van der Waals surface area contributed by atoms with Crippen LogP contribution in [0, 0.1) is 5.92 Å². The first-order chi connectivity index (χ1) is 15.5. The molecule has 32 heavy (non-hydrogen) atoms. The van der Waals surface area contributed by atoms with Gasteiger partial charge in [0, 0.05) is 43.6 Å². The molecule has 1 amide bonds. The van der Waals surface area contributed by atoms with E-state index in [-0.39, 0.29) is 22.8 Å². The van der Waals surface area contributed by atoms with Crippen molar-refractivity contribution in [2.45, 2.75) is 55.4 Å². The molecule has 3 fully saturated rings. The van der Waals surface area contributed by atoms with Gasteiger partial charge in [-0.2, -0.15) is 9.29 Å². The van der Waals surface area contributed by atoms with Crippen molar-refractivity contribution < 1.29 is 22.5 Å². The van der Waals surface area contributed by atoms with Gasteiger partial charge >= 0.3 is 0 Å². The number of ether oxygens (including phenoxy) is 1. The van der Waals surface area contributed by atoms with Gasteiger partial charge in [-0.3, -0.25) is 4.79 Å². The number of nitrogens with zero attached hydrogens (tertiary/aromatic N) is 3. The summed E-state index contributed by atoms with van der Waals surface area (Å²) in [6.45, 7) is 1.95. The van der Waals surface area contributed by atoms with Crippen molar-refractivity contribution in [3.05, 3.63) is 30.2 Å². The van der Waals surface area contributed by atoms with Crippen molar-refractivity contribution in [3.63, 3.8) is 0 Å². The van der Waals surface area contributed by atoms with Crippen LogP contribution in [0.15, 0.2) is 33.7 Å². The number of nitrogens with one attached hydrogen (secondary N) is 1. The zero-order valence-electron chi connectivity index (χ0n) is 17.9. The highest BCUT2D eigenvalue weighted by Gasteiger charge is 2.33. The number of carbonyl (C=O) groups is 1. The third-order valence-corrected chi connectivity index (χ3v) is 8.38. The van der Waals surface area contributed by atoms with Crippen molar-refractivity contribution in [2.24, 2.45) is 5.92 Å². The Bertz CT molecular complexity index is 1050. The Morgan fingerprint density at radius 3 is 2.50 bits per heavy atom. The molecular weight excluding hydrogens is 432 g/mol. The Hall–Kier alpha value is -2.30.